The van der Waals surface area contributed by atoms with Crippen molar-refractivity contribution < 1.29 is 14.2 Å². The van der Waals surface area contributed by atoms with Crippen LogP contribution in [0.2, 0.25) is 0 Å². The first-order valence-corrected chi connectivity index (χ1v) is 2.71. The summed E-state index contributed by atoms with van der Waals surface area (Å²) in [6.07, 6.45) is 1.47. The lowest BCUT2D eigenvalue weighted by Gasteiger charge is -2.00. The number of hydrogen-bond acceptors (Lipinski definition) is 2. The monoisotopic (exact) mass is 135 g/mol. The van der Waals surface area contributed by atoms with Crippen LogP contribution in [0.25, 0.3) is 0 Å². The van der Waals surface area contributed by atoms with Crippen molar-refractivity contribution in [2.45, 2.75) is 18.9 Å². The van der Waals surface area contributed by atoms with Crippen LogP contribution in [0.5, 0.6) is 0 Å². The molecule has 0 aromatic rings. The van der Waals surface area contributed by atoms with Crippen LogP contribution < -0.4 is 5.73 Å². The van der Waals surface area contributed by atoms with Gasteiger partial charge in [-0.15, -0.1) is 0 Å². The Morgan fingerprint density at radius 1 is 1.67 bits per heavy atom. The van der Waals surface area contributed by atoms with Crippen molar-refractivity contribution in [1.82, 2.24) is 0 Å². The number of carbonyl (C=O) groups excluding carboxylic acids is 1. The minimum atomic E-state index is -0.331. The molecule has 0 bridgehead atoms. The number of hydrogen-bond donors (Lipinski definition) is 1. The van der Waals surface area contributed by atoms with Gasteiger partial charge in [0.25, 0.3) is 0 Å². The molecule has 0 radical (unpaired) electrons. The number of rotatable bonds is 1. The fraction of sp³-hybridized carbons (Fsp3) is 0.800. The number of amides is 1. The molecule has 1 aliphatic heterocycles. The summed E-state index contributed by atoms with van der Waals surface area (Å²) in [5.74, 6) is -0.331. The summed E-state index contributed by atoms with van der Waals surface area (Å²) >= 11 is 0. The second-order valence-electron chi connectivity index (χ2n) is 1.90. The van der Waals surface area contributed by atoms with Crippen molar-refractivity contribution in [3.63, 3.8) is 0 Å². The number of nitrogens with two attached hydrogens (primary N) is 1. The Morgan fingerprint density at radius 2 is 2.33 bits per heavy atom. The van der Waals surface area contributed by atoms with E-state index in [0.29, 0.717) is 6.61 Å². The van der Waals surface area contributed by atoms with Crippen LogP contribution in [-0.2, 0) is 9.53 Å². The summed E-state index contributed by atoms with van der Waals surface area (Å²) in [6.45, 7) is 0.688. The van der Waals surface area contributed by atoms with Crippen LogP contribution in [-0.4, -0.2) is 18.6 Å². The summed E-state index contributed by atoms with van der Waals surface area (Å²) in [5.41, 5.74) is 4.93. The first-order chi connectivity index (χ1) is 3.80. The van der Waals surface area contributed by atoms with Crippen LogP contribution in [0.1, 0.15) is 12.8 Å². The molecule has 1 saturated heterocycles. The summed E-state index contributed by atoms with van der Waals surface area (Å²) in [6, 6.07) is 0. The van der Waals surface area contributed by atoms with Gasteiger partial charge in [-0.3, -0.25) is 9.50 Å². The molecule has 0 aliphatic carbocycles. The SMILES string of the molecule is F.NC(=O)C1CCCO1. The van der Waals surface area contributed by atoms with Crippen molar-refractivity contribution in [2.75, 3.05) is 6.61 Å². The van der Waals surface area contributed by atoms with Gasteiger partial charge in [-0.05, 0) is 12.8 Å². The molecule has 1 atom stereocenters. The zero-order valence-corrected chi connectivity index (χ0v) is 5.00. The highest BCUT2D eigenvalue weighted by molar-refractivity contribution is 5.78. The summed E-state index contributed by atoms with van der Waals surface area (Å²) in [7, 11) is 0. The number of primary amides is 1. The van der Waals surface area contributed by atoms with Crippen molar-refractivity contribution >= 4 is 5.91 Å². The highest BCUT2D eigenvalue weighted by Gasteiger charge is 2.19. The molecule has 0 aromatic heterocycles. The zero-order valence-electron chi connectivity index (χ0n) is 5.00. The maximum Gasteiger partial charge on any atom is 0.246 e. The molecule has 4 heteroatoms. The largest absolute Gasteiger partial charge is 0.368 e. The van der Waals surface area contributed by atoms with E-state index >= 15 is 0 Å². The maximum absolute atomic E-state index is 10.3. The minimum absolute atomic E-state index is 0. The predicted octanol–water partition coefficient (Wildman–Crippen LogP) is -0.197. The quantitative estimate of drug-likeness (QED) is 0.541. The van der Waals surface area contributed by atoms with E-state index in [1.807, 2.05) is 0 Å². The summed E-state index contributed by atoms with van der Waals surface area (Å²) in [5, 5.41) is 0. The fourth-order valence-corrected chi connectivity index (χ4v) is 0.802. The van der Waals surface area contributed by atoms with E-state index in [0.717, 1.165) is 12.8 Å². The fourth-order valence-electron chi connectivity index (χ4n) is 0.802. The first kappa shape index (κ1) is 8.36. The van der Waals surface area contributed by atoms with Gasteiger partial charge in [-0.25, -0.2) is 0 Å². The number of ether oxygens (including phenoxy) is 1. The molecule has 1 heterocycles. The highest BCUT2D eigenvalue weighted by Crippen LogP contribution is 2.10. The van der Waals surface area contributed by atoms with Gasteiger partial charge in [0.2, 0.25) is 5.91 Å². The lowest BCUT2D eigenvalue weighted by atomic mass is 10.2. The second kappa shape index (κ2) is 3.40. The molecule has 0 spiro atoms. The number of halogens is 1. The Bertz CT molecular complexity index is 101. The molecule has 1 fully saturated rings. The molecule has 1 rings (SSSR count). The average molecular weight is 135 g/mol. The third-order valence-corrected chi connectivity index (χ3v) is 1.25. The molecule has 1 unspecified atom stereocenters. The zero-order chi connectivity index (χ0) is 5.98. The first-order valence-electron chi connectivity index (χ1n) is 2.71. The van der Waals surface area contributed by atoms with Crippen molar-refractivity contribution in [2.24, 2.45) is 5.73 Å². The van der Waals surface area contributed by atoms with Crippen LogP contribution in [0.15, 0.2) is 0 Å². The van der Waals surface area contributed by atoms with Crippen molar-refractivity contribution in [3.05, 3.63) is 0 Å². The van der Waals surface area contributed by atoms with E-state index in [1.165, 1.54) is 0 Å². The van der Waals surface area contributed by atoms with Crippen LogP contribution >= 0.6 is 0 Å². The molecule has 2 N–H and O–H groups in total. The Kier molecular flexibility index (Phi) is 3.16. The molecule has 0 saturated carbocycles. The lowest BCUT2D eigenvalue weighted by Crippen LogP contribution is -2.27. The van der Waals surface area contributed by atoms with Gasteiger partial charge in [0.15, 0.2) is 0 Å². The van der Waals surface area contributed by atoms with Gasteiger partial charge in [-0.1, -0.05) is 0 Å². The van der Waals surface area contributed by atoms with Gasteiger partial charge >= 0.3 is 0 Å². The molecule has 1 amide bonds. The Hall–Kier alpha value is -0.640. The van der Waals surface area contributed by atoms with Gasteiger partial charge in [0, 0.05) is 6.61 Å². The second-order valence-corrected chi connectivity index (χ2v) is 1.90. The van der Waals surface area contributed by atoms with Crippen molar-refractivity contribution in [3.8, 4) is 0 Å². The maximum atomic E-state index is 10.3. The van der Waals surface area contributed by atoms with Gasteiger partial charge in [0.05, 0.1) is 0 Å². The smallest absolute Gasteiger partial charge is 0.246 e. The normalized spacial score (nSPS) is 25.1. The van der Waals surface area contributed by atoms with E-state index in [-0.39, 0.29) is 16.7 Å². The molecule has 1 aliphatic rings. The highest BCUT2D eigenvalue weighted by atomic mass is 19.0. The third-order valence-electron chi connectivity index (χ3n) is 1.25. The standard InChI is InChI=1S/C5H9NO2.FH/c6-5(7)4-2-1-3-8-4;/h4H,1-3H2,(H2,6,7);1H. The molecular weight excluding hydrogens is 125 g/mol. The molecule has 3 nitrogen and oxygen atoms in total. The molecule has 0 aromatic carbocycles. The average Bonchev–Trinajstić information content (AvgIpc) is 2.12. The van der Waals surface area contributed by atoms with Crippen molar-refractivity contribution in [1.29, 1.82) is 0 Å². The molecule has 54 valence electrons. The topological polar surface area (TPSA) is 52.3 Å². The minimum Gasteiger partial charge on any atom is -0.368 e. The summed E-state index contributed by atoms with van der Waals surface area (Å²) < 4.78 is 4.94. The lowest BCUT2D eigenvalue weighted by molar-refractivity contribution is -0.126. The Balaban J connectivity index is 0.000000640. The van der Waals surface area contributed by atoms with Crippen LogP contribution in [0, 0.1) is 0 Å². The van der Waals surface area contributed by atoms with E-state index in [4.69, 9.17) is 10.5 Å². The number of carbonyl (C=O) groups is 1. The van der Waals surface area contributed by atoms with Crippen LogP contribution in [0.3, 0.4) is 0 Å². The van der Waals surface area contributed by atoms with E-state index in [1.54, 1.807) is 0 Å². The summed E-state index contributed by atoms with van der Waals surface area (Å²) in [4.78, 5) is 10.3. The van der Waals surface area contributed by atoms with Gasteiger partial charge in [-0.2, -0.15) is 0 Å². The van der Waals surface area contributed by atoms with E-state index in [9.17, 15) is 4.79 Å². The Labute approximate surface area is 52.5 Å². The Morgan fingerprint density at radius 3 is 2.56 bits per heavy atom. The molecular formula is C5H10FNO2. The predicted molar refractivity (Wildman–Crippen MR) is 30.7 cm³/mol. The van der Waals surface area contributed by atoms with Gasteiger partial charge < -0.3 is 10.5 Å². The third kappa shape index (κ3) is 1.97. The molecule has 9 heavy (non-hydrogen) atoms. The van der Waals surface area contributed by atoms with Gasteiger partial charge in [0.1, 0.15) is 6.10 Å². The van der Waals surface area contributed by atoms with E-state index in [2.05, 4.69) is 0 Å². The van der Waals surface area contributed by atoms with Crippen LogP contribution in [0.4, 0.5) is 4.70 Å². The van der Waals surface area contributed by atoms with E-state index < -0.39 is 0 Å².